The number of rotatable bonds is 5. The molecular weight excluding hydrogens is 372 g/mol. The fourth-order valence-corrected chi connectivity index (χ4v) is 8.96. The molecule has 10 atom stereocenters. The quantitative estimate of drug-likeness (QED) is 0.609. The summed E-state index contributed by atoms with van der Waals surface area (Å²) in [4.78, 5) is 12.1. The summed E-state index contributed by atoms with van der Waals surface area (Å²) in [7, 11) is 0. The van der Waals surface area contributed by atoms with Crippen molar-refractivity contribution < 1.29 is 15.0 Å². The molecular formula is C27H46O3. The van der Waals surface area contributed by atoms with Crippen LogP contribution in [0.25, 0.3) is 0 Å². The molecule has 4 aliphatic rings. The SMILES string of the molecule is CC(C)C(O)CCC(C)C1CCC2C3C(O)CC4CC(=O)CCC4(C)C3CCC12C. The number of aliphatic hydroxyl groups excluding tert-OH is 2. The summed E-state index contributed by atoms with van der Waals surface area (Å²) < 4.78 is 0. The van der Waals surface area contributed by atoms with Crippen molar-refractivity contribution in [1.82, 2.24) is 0 Å². The van der Waals surface area contributed by atoms with Crippen molar-refractivity contribution in [2.24, 2.45) is 52.3 Å². The minimum absolute atomic E-state index is 0.181. The predicted octanol–water partition coefficient (Wildman–Crippen LogP) is 5.62. The van der Waals surface area contributed by atoms with Crippen LogP contribution in [0.2, 0.25) is 0 Å². The van der Waals surface area contributed by atoms with Gasteiger partial charge in [-0.1, -0.05) is 34.6 Å². The van der Waals surface area contributed by atoms with Crippen LogP contribution in [0, 0.1) is 52.3 Å². The third-order valence-corrected chi connectivity index (χ3v) is 10.9. The van der Waals surface area contributed by atoms with E-state index in [0.717, 1.165) is 32.1 Å². The zero-order valence-corrected chi connectivity index (χ0v) is 20.1. The number of carbonyl (C=O) groups is 1. The molecule has 0 aromatic heterocycles. The summed E-state index contributed by atoms with van der Waals surface area (Å²) >= 11 is 0. The van der Waals surface area contributed by atoms with Crippen molar-refractivity contribution in [1.29, 1.82) is 0 Å². The highest BCUT2D eigenvalue weighted by atomic mass is 16.3. The molecule has 4 fully saturated rings. The van der Waals surface area contributed by atoms with Gasteiger partial charge in [-0.05, 0) is 104 Å². The molecule has 10 unspecified atom stereocenters. The first-order chi connectivity index (χ1) is 14.1. The molecule has 172 valence electrons. The molecule has 0 radical (unpaired) electrons. The van der Waals surface area contributed by atoms with Crippen LogP contribution in [0.1, 0.15) is 98.8 Å². The Kier molecular flexibility index (Phi) is 6.21. The Bertz CT molecular complexity index is 644. The van der Waals surface area contributed by atoms with Crippen molar-refractivity contribution in [2.45, 2.75) is 111 Å². The number of hydrogen-bond acceptors (Lipinski definition) is 3. The molecule has 0 amide bonds. The molecule has 0 aliphatic heterocycles. The maximum absolute atomic E-state index is 12.1. The average Bonchev–Trinajstić information content (AvgIpc) is 3.04. The van der Waals surface area contributed by atoms with Crippen LogP contribution in [0.4, 0.5) is 0 Å². The summed E-state index contributed by atoms with van der Waals surface area (Å²) in [5.41, 5.74) is 0.586. The zero-order valence-electron chi connectivity index (χ0n) is 20.1. The van der Waals surface area contributed by atoms with Gasteiger partial charge in [-0.15, -0.1) is 0 Å². The number of ketones is 1. The Balaban J connectivity index is 1.51. The monoisotopic (exact) mass is 418 g/mol. The lowest BCUT2D eigenvalue weighted by atomic mass is 9.44. The fourth-order valence-electron chi connectivity index (χ4n) is 8.96. The van der Waals surface area contributed by atoms with E-state index in [9.17, 15) is 15.0 Å². The number of carbonyl (C=O) groups excluding carboxylic acids is 1. The van der Waals surface area contributed by atoms with Gasteiger partial charge in [0.1, 0.15) is 5.78 Å². The Morgan fingerprint density at radius 2 is 1.70 bits per heavy atom. The smallest absolute Gasteiger partial charge is 0.133 e. The number of Topliss-reactive ketones (excluding diaryl/α,β-unsaturated/α-hetero) is 1. The summed E-state index contributed by atoms with van der Waals surface area (Å²) in [5, 5.41) is 21.6. The summed E-state index contributed by atoms with van der Waals surface area (Å²) in [6.45, 7) is 11.6. The van der Waals surface area contributed by atoms with Gasteiger partial charge >= 0.3 is 0 Å². The van der Waals surface area contributed by atoms with E-state index in [4.69, 9.17) is 0 Å². The summed E-state index contributed by atoms with van der Waals surface area (Å²) in [5.74, 6) is 4.16. The molecule has 0 bridgehead atoms. The normalized spacial score (nSPS) is 48.1. The van der Waals surface area contributed by atoms with Gasteiger partial charge in [-0.2, -0.15) is 0 Å². The zero-order chi connectivity index (χ0) is 21.8. The first-order valence-corrected chi connectivity index (χ1v) is 13.0. The molecule has 0 spiro atoms. The second kappa shape index (κ2) is 8.18. The predicted molar refractivity (Wildman–Crippen MR) is 121 cm³/mol. The third kappa shape index (κ3) is 3.60. The minimum Gasteiger partial charge on any atom is -0.393 e. The van der Waals surface area contributed by atoms with Gasteiger partial charge in [0, 0.05) is 12.8 Å². The lowest BCUT2D eigenvalue weighted by Gasteiger charge is -2.62. The van der Waals surface area contributed by atoms with Crippen molar-refractivity contribution in [3.05, 3.63) is 0 Å². The van der Waals surface area contributed by atoms with E-state index in [1.165, 1.54) is 25.7 Å². The van der Waals surface area contributed by atoms with Crippen LogP contribution in [0.3, 0.4) is 0 Å². The van der Waals surface area contributed by atoms with Crippen LogP contribution < -0.4 is 0 Å². The molecule has 0 aromatic carbocycles. The molecule has 0 saturated heterocycles. The van der Waals surface area contributed by atoms with Crippen molar-refractivity contribution >= 4 is 5.78 Å². The Morgan fingerprint density at radius 1 is 1.00 bits per heavy atom. The molecule has 0 aromatic rings. The topological polar surface area (TPSA) is 57.5 Å². The molecule has 4 saturated carbocycles. The van der Waals surface area contributed by atoms with E-state index in [1.54, 1.807) is 0 Å². The van der Waals surface area contributed by atoms with Gasteiger partial charge in [0.05, 0.1) is 12.2 Å². The molecule has 30 heavy (non-hydrogen) atoms. The maximum atomic E-state index is 12.1. The summed E-state index contributed by atoms with van der Waals surface area (Å²) in [6, 6.07) is 0. The largest absolute Gasteiger partial charge is 0.393 e. The molecule has 0 heterocycles. The van der Waals surface area contributed by atoms with E-state index in [0.29, 0.717) is 59.0 Å². The average molecular weight is 419 g/mol. The lowest BCUT2D eigenvalue weighted by Crippen LogP contribution is -2.58. The minimum atomic E-state index is -0.222. The number of hydrogen-bond donors (Lipinski definition) is 2. The molecule has 4 rings (SSSR count). The van der Waals surface area contributed by atoms with E-state index in [2.05, 4.69) is 34.6 Å². The van der Waals surface area contributed by atoms with Gasteiger partial charge in [-0.25, -0.2) is 0 Å². The van der Waals surface area contributed by atoms with Crippen molar-refractivity contribution in [3.63, 3.8) is 0 Å². The second-order valence-corrected chi connectivity index (χ2v) is 12.6. The van der Waals surface area contributed by atoms with Crippen molar-refractivity contribution in [3.8, 4) is 0 Å². The highest BCUT2D eigenvalue weighted by Gasteiger charge is 2.62. The highest BCUT2D eigenvalue weighted by molar-refractivity contribution is 5.79. The van der Waals surface area contributed by atoms with Crippen LogP contribution in [0.5, 0.6) is 0 Å². The number of fused-ring (bicyclic) bond motifs is 5. The van der Waals surface area contributed by atoms with Crippen molar-refractivity contribution in [2.75, 3.05) is 0 Å². The van der Waals surface area contributed by atoms with Gasteiger partial charge < -0.3 is 10.2 Å². The molecule has 3 heteroatoms. The Hall–Kier alpha value is -0.410. The second-order valence-electron chi connectivity index (χ2n) is 12.6. The van der Waals surface area contributed by atoms with E-state index in [-0.39, 0.29) is 17.6 Å². The number of aliphatic hydroxyl groups is 2. The molecule has 2 N–H and O–H groups in total. The maximum Gasteiger partial charge on any atom is 0.133 e. The highest BCUT2D eigenvalue weighted by Crippen LogP contribution is 2.68. The standard InChI is InChI=1S/C27H46O3/c1-16(2)23(29)9-6-17(3)20-7-8-21-25-22(11-13-27(20,21)5)26(4)12-10-19(28)14-18(26)15-24(25)30/h16-18,20-25,29-30H,6-15H2,1-5H3. The lowest BCUT2D eigenvalue weighted by molar-refractivity contribution is -0.169. The van der Waals surface area contributed by atoms with Gasteiger partial charge in [-0.3, -0.25) is 4.79 Å². The fraction of sp³-hybridized carbons (Fsp3) is 0.963. The van der Waals surface area contributed by atoms with Gasteiger partial charge in [0.15, 0.2) is 0 Å². The van der Waals surface area contributed by atoms with Crippen LogP contribution in [0.15, 0.2) is 0 Å². The molecule has 3 nitrogen and oxygen atoms in total. The first-order valence-electron chi connectivity index (χ1n) is 13.0. The van der Waals surface area contributed by atoms with E-state index in [1.807, 2.05) is 0 Å². The van der Waals surface area contributed by atoms with Crippen LogP contribution in [-0.2, 0) is 4.79 Å². The Labute approximate surface area is 184 Å². The third-order valence-electron chi connectivity index (χ3n) is 10.9. The van der Waals surface area contributed by atoms with E-state index < -0.39 is 0 Å². The Morgan fingerprint density at radius 3 is 2.40 bits per heavy atom. The van der Waals surface area contributed by atoms with Gasteiger partial charge in [0.2, 0.25) is 0 Å². The van der Waals surface area contributed by atoms with Crippen LogP contribution in [-0.4, -0.2) is 28.2 Å². The van der Waals surface area contributed by atoms with Gasteiger partial charge in [0.25, 0.3) is 0 Å². The summed E-state index contributed by atoms with van der Waals surface area (Å²) in [6.07, 6.45) is 10.0. The molecule has 4 aliphatic carbocycles. The van der Waals surface area contributed by atoms with E-state index >= 15 is 0 Å². The van der Waals surface area contributed by atoms with Crippen LogP contribution >= 0.6 is 0 Å². The first kappa shape index (κ1) is 22.8.